The fraction of sp³-hybridized carbons (Fsp3) is 0.0526. The summed E-state index contributed by atoms with van der Waals surface area (Å²) >= 11 is 0. The maximum absolute atomic E-state index is 9.84. The van der Waals surface area contributed by atoms with E-state index < -0.39 is 0 Å². The van der Waals surface area contributed by atoms with Gasteiger partial charge >= 0.3 is 0 Å². The van der Waals surface area contributed by atoms with Crippen molar-refractivity contribution in [1.29, 1.82) is 0 Å². The number of hydrogen-bond donors (Lipinski definition) is 4. The molecular formula is C19H17N5O. The minimum Gasteiger partial charge on any atom is -0.508 e. The first-order chi connectivity index (χ1) is 12.1. The molecule has 0 saturated carbocycles. The number of aryl methyl sites for hydroxylation is 1. The summed E-state index contributed by atoms with van der Waals surface area (Å²) in [6.07, 6.45) is 1.74. The van der Waals surface area contributed by atoms with Gasteiger partial charge in [-0.2, -0.15) is 5.10 Å². The molecule has 25 heavy (non-hydrogen) atoms. The molecule has 0 fully saturated rings. The molecule has 124 valence electrons. The average molecular weight is 331 g/mol. The highest BCUT2D eigenvalue weighted by Gasteiger charge is 2.06. The van der Waals surface area contributed by atoms with Gasteiger partial charge in [0, 0.05) is 23.3 Å². The summed E-state index contributed by atoms with van der Waals surface area (Å²) in [7, 11) is 0. The first-order valence-electron chi connectivity index (χ1n) is 7.87. The molecule has 0 aliphatic rings. The quantitative estimate of drug-likeness (QED) is 0.455. The molecule has 0 aliphatic carbocycles. The van der Waals surface area contributed by atoms with Crippen LogP contribution in [-0.2, 0) is 0 Å². The molecular weight excluding hydrogens is 314 g/mol. The number of hydrogen-bond acceptors (Lipinski definition) is 5. The third-order valence-corrected chi connectivity index (χ3v) is 4.17. The Bertz CT molecular complexity index is 1070. The van der Waals surface area contributed by atoms with Crippen LogP contribution in [0.15, 0.2) is 54.7 Å². The summed E-state index contributed by atoms with van der Waals surface area (Å²) in [5.41, 5.74) is 10.4. The van der Waals surface area contributed by atoms with Crippen molar-refractivity contribution in [2.75, 3.05) is 11.1 Å². The number of nitrogens with two attached hydrogens (primary N) is 1. The number of aromatic hydroxyl groups is 1. The van der Waals surface area contributed by atoms with Crippen LogP contribution in [0.5, 0.6) is 5.75 Å². The number of fused-ring (bicyclic) bond motifs is 1. The number of rotatable bonds is 3. The number of benzene rings is 2. The van der Waals surface area contributed by atoms with E-state index in [1.54, 1.807) is 12.3 Å². The number of nitrogens with one attached hydrogen (secondary N) is 2. The van der Waals surface area contributed by atoms with Gasteiger partial charge in [0.2, 0.25) is 0 Å². The van der Waals surface area contributed by atoms with E-state index >= 15 is 0 Å². The van der Waals surface area contributed by atoms with E-state index in [1.807, 2.05) is 49.4 Å². The Kier molecular flexibility index (Phi) is 3.50. The minimum absolute atomic E-state index is 0.252. The Morgan fingerprint density at radius 1 is 1.04 bits per heavy atom. The topological polar surface area (TPSA) is 99.9 Å². The maximum atomic E-state index is 9.84. The third kappa shape index (κ3) is 2.85. The molecule has 2 aromatic carbocycles. The van der Waals surface area contributed by atoms with Crippen LogP contribution < -0.4 is 11.1 Å². The second kappa shape index (κ2) is 5.83. The van der Waals surface area contributed by atoms with Gasteiger partial charge < -0.3 is 16.2 Å². The molecule has 6 nitrogen and oxygen atoms in total. The van der Waals surface area contributed by atoms with Crippen molar-refractivity contribution >= 4 is 28.2 Å². The summed E-state index contributed by atoms with van der Waals surface area (Å²) in [5, 5.41) is 20.9. The zero-order valence-corrected chi connectivity index (χ0v) is 13.6. The molecule has 0 atom stereocenters. The second-order valence-corrected chi connectivity index (χ2v) is 5.93. The smallest absolute Gasteiger partial charge is 0.153 e. The van der Waals surface area contributed by atoms with Crippen LogP contribution in [0.1, 0.15) is 5.56 Å². The van der Waals surface area contributed by atoms with Crippen molar-refractivity contribution in [1.82, 2.24) is 15.2 Å². The maximum Gasteiger partial charge on any atom is 0.153 e. The Hall–Kier alpha value is -3.54. The van der Waals surface area contributed by atoms with Crippen LogP contribution in [0.3, 0.4) is 0 Å². The monoisotopic (exact) mass is 331 g/mol. The Morgan fingerprint density at radius 3 is 2.72 bits per heavy atom. The van der Waals surface area contributed by atoms with E-state index in [4.69, 9.17) is 5.73 Å². The first kappa shape index (κ1) is 15.0. The molecule has 4 rings (SSSR count). The van der Waals surface area contributed by atoms with Crippen LogP contribution in [0, 0.1) is 6.92 Å². The standard InChI is InChI=1S/C19H17N5O/c1-11-2-4-14(10-17(11)25)22-18-9-13(6-7-21-18)12-3-5-16-15(8-12)19(20)24-23-16/h2-10,25H,1H3,(H,21,22)(H3,20,23,24). The van der Waals surface area contributed by atoms with Crippen LogP contribution in [0.4, 0.5) is 17.3 Å². The molecule has 0 unspecified atom stereocenters. The van der Waals surface area contributed by atoms with Crippen molar-refractivity contribution in [3.05, 3.63) is 60.3 Å². The number of phenolic OH excluding ortho intramolecular Hbond substituents is 1. The fourth-order valence-corrected chi connectivity index (χ4v) is 2.73. The van der Waals surface area contributed by atoms with Gasteiger partial charge in [-0.15, -0.1) is 0 Å². The number of phenols is 1. The van der Waals surface area contributed by atoms with Gasteiger partial charge in [-0.3, -0.25) is 5.10 Å². The summed E-state index contributed by atoms with van der Waals surface area (Å²) < 4.78 is 0. The molecule has 5 N–H and O–H groups in total. The van der Waals surface area contributed by atoms with Gasteiger partial charge in [-0.05, 0) is 53.9 Å². The zero-order chi connectivity index (χ0) is 17.4. The Labute approximate surface area is 144 Å². The number of nitrogens with zero attached hydrogens (tertiary/aromatic N) is 2. The predicted octanol–water partition coefficient (Wildman–Crippen LogP) is 3.96. The van der Waals surface area contributed by atoms with Gasteiger partial charge in [0.1, 0.15) is 11.6 Å². The number of anilines is 3. The SMILES string of the molecule is Cc1ccc(Nc2cc(-c3ccc4[nH]nc(N)c4c3)ccn2)cc1O. The van der Waals surface area contributed by atoms with Crippen LogP contribution in [0.2, 0.25) is 0 Å². The van der Waals surface area contributed by atoms with Gasteiger partial charge in [0.15, 0.2) is 5.82 Å². The van der Waals surface area contributed by atoms with Gasteiger partial charge in [0.05, 0.1) is 5.52 Å². The summed E-state index contributed by atoms with van der Waals surface area (Å²) in [5.74, 6) is 1.43. The van der Waals surface area contributed by atoms with Crippen molar-refractivity contribution in [3.8, 4) is 16.9 Å². The number of H-pyrrole nitrogens is 1. The molecule has 4 aromatic rings. The summed E-state index contributed by atoms with van der Waals surface area (Å²) in [4.78, 5) is 4.35. The largest absolute Gasteiger partial charge is 0.508 e. The lowest BCUT2D eigenvalue weighted by molar-refractivity contribution is 0.471. The van der Waals surface area contributed by atoms with Crippen LogP contribution in [-0.4, -0.2) is 20.3 Å². The summed E-state index contributed by atoms with van der Waals surface area (Å²) in [6.45, 7) is 1.86. The van der Waals surface area contributed by atoms with E-state index in [-0.39, 0.29) is 5.75 Å². The number of aromatic nitrogens is 3. The van der Waals surface area contributed by atoms with Crippen molar-refractivity contribution in [3.63, 3.8) is 0 Å². The van der Waals surface area contributed by atoms with Crippen molar-refractivity contribution in [2.45, 2.75) is 6.92 Å². The Morgan fingerprint density at radius 2 is 1.88 bits per heavy atom. The number of aromatic amines is 1. The number of pyridine rings is 1. The predicted molar refractivity (Wildman–Crippen MR) is 99.9 cm³/mol. The van der Waals surface area contributed by atoms with Crippen molar-refractivity contribution in [2.24, 2.45) is 0 Å². The molecule has 2 aromatic heterocycles. The second-order valence-electron chi connectivity index (χ2n) is 5.93. The molecule has 2 heterocycles. The third-order valence-electron chi connectivity index (χ3n) is 4.17. The molecule has 0 radical (unpaired) electrons. The molecule has 0 spiro atoms. The highest BCUT2D eigenvalue weighted by molar-refractivity contribution is 5.92. The zero-order valence-electron chi connectivity index (χ0n) is 13.6. The van der Waals surface area contributed by atoms with E-state index in [1.165, 1.54) is 0 Å². The lowest BCUT2D eigenvalue weighted by Crippen LogP contribution is -1.94. The molecule has 0 amide bonds. The summed E-state index contributed by atoms with van der Waals surface area (Å²) in [6, 6.07) is 15.3. The number of nitrogen functional groups attached to an aromatic ring is 1. The van der Waals surface area contributed by atoms with E-state index in [0.29, 0.717) is 11.6 Å². The molecule has 0 bridgehead atoms. The highest BCUT2D eigenvalue weighted by Crippen LogP contribution is 2.28. The van der Waals surface area contributed by atoms with Crippen molar-refractivity contribution < 1.29 is 5.11 Å². The Balaban J connectivity index is 1.68. The molecule has 0 saturated heterocycles. The molecule has 0 aliphatic heterocycles. The highest BCUT2D eigenvalue weighted by atomic mass is 16.3. The minimum atomic E-state index is 0.252. The van der Waals surface area contributed by atoms with E-state index in [2.05, 4.69) is 20.5 Å². The van der Waals surface area contributed by atoms with E-state index in [0.717, 1.165) is 33.3 Å². The first-order valence-corrected chi connectivity index (χ1v) is 7.87. The van der Waals surface area contributed by atoms with Gasteiger partial charge in [-0.25, -0.2) is 4.98 Å². The normalized spacial score (nSPS) is 10.9. The average Bonchev–Trinajstić information content (AvgIpc) is 2.99. The molecule has 6 heteroatoms. The van der Waals surface area contributed by atoms with Gasteiger partial charge in [0.25, 0.3) is 0 Å². The van der Waals surface area contributed by atoms with E-state index in [9.17, 15) is 5.11 Å². The lowest BCUT2D eigenvalue weighted by Gasteiger charge is -2.09. The van der Waals surface area contributed by atoms with Crippen LogP contribution >= 0.6 is 0 Å². The van der Waals surface area contributed by atoms with Crippen LogP contribution in [0.25, 0.3) is 22.0 Å². The fourth-order valence-electron chi connectivity index (χ4n) is 2.73. The van der Waals surface area contributed by atoms with Gasteiger partial charge in [-0.1, -0.05) is 12.1 Å². The lowest BCUT2D eigenvalue weighted by atomic mass is 10.0.